The number of aliphatic hydroxyl groups is 1. The summed E-state index contributed by atoms with van der Waals surface area (Å²) >= 11 is 0. The number of likely N-dealkylation sites (tertiary alicyclic amines) is 1. The molecule has 11 heteroatoms. The molecule has 2 aromatic rings. The fourth-order valence-corrected chi connectivity index (χ4v) is 7.42. The SMILES string of the molecule is CCOC(=O)C[C@]12[C@@H]3CCN(c4ccc(NC(=O)OC(C)(C)C)cn4)[C@H]1[C@H](CO)C[C@H]3C(=O)N2Cc1ccc(OC)cc1. The summed E-state index contributed by atoms with van der Waals surface area (Å²) in [6.07, 6.45) is 2.23. The first-order valence-electron chi connectivity index (χ1n) is 14.9. The third-order valence-electron chi connectivity index (χ3n) is 8.90. The molecule has 3 aliphatic rings. The van der Waals surface area contributed by atoms with Gasteiger partial charge in [0, 0.05) is 31.5 Å². The fraction of sp³-hybridized carbons (Fsp3) is 0.562. The van der Waals surface area contributed by atoms with Gasteiger partial charge in [-0.1, -0.05) is 12.1 Å². The van der Waals surface area contributed by atoms with Crippen LogP contribution in [-0.4, -0.2) is 77.0 Å². The molecule has 2 aliphatic heterocycles. The molecule has 232 valence electrons. The Morgan fingerprint density at radius 3 is 2.51 bits per heavy atom. The van der Waals surface area contributed by atoms with Gasteiger partial charge in [0.1, 0.15) is 17.2 Å². The number of benzene rings is 1. The fourth-order valence-electron chi connectivity index (χ4n) is 7.42. The molecule has 0 radical (unpaired) electrons. The predicted molar refractivity (Wildman–Crippen MR) is 160 cm³/mol. The van der Waals surface area contributed by atoms with Crippen molar-refractivity contribution in [2.45, 2.75) is 70.7 Å². The van der Waals surface area contributed by atoms with Crippen molar-refractivity contribution in [1.82, 2.24) is 9.88 Å². The molecule has 0 spiro atoms. The number of aliphatic hydroxyl groups excluding tert-OH is 1. The van der Waals surface area contributed by atoms with Gasteiger partial charge in [-0.05, 0) is 76.3 Å². The van der Waals surface area contributed by atoms with Crippen molar-refractivity contribution in [3.63, 3.8) is 0 Å². The number of nitrogens with zero attached hydrogens (tertiary/aromatic N) is 3. The number of amides is 2. The van der Waals surface area contributed by atoms with Gasteiger partial charge in [-0.25, -0.2) is 9.78 Å². The number of aromatic nitrogens is 1. The topological polar surface area (TPSA) is 131 Å². The van der Waals surface area contributed by atoms with Gasteiger partial charge < -0.3 is 29.1 Å². The number of esters is 1. The van der Waals surface area contributed by atoms with Crippen LogP contribution >= 0.6 is 0 Å². The zero-order chi connectivity index (χ0) is 30.9. The molecule has 1 aliphatic carbocycles. The van der Waals surface area contributed by atoms with Crippen molar-refractivity contribution < 1.29 is 33.7 Å². The van der Waals surface area contributed by atoms with Crippen molar-refractivity contribution in [2.24, 2.45) is 17.8 Å². The Kier molecular flexibility index (Phi) is 8.56. The van der Waals surface area contributed by atoms with Crippen LogP contribution in [0.2, 0.25) is 0 Å². The Morgan fingerprint density at radius 2 is 1.91 bits per heavy atom. The van der Waals surface area contributed by atoms with E-state index in [-0.39, 0.29) is 55.3 Å². The number of pyridine rings is 1. The molecule has 2 N–H and O–H groups in total. The molecule has 1 aromatic heterocycles. The summed E-state index contributed by atoms with van der Waals surface area (Å²) < 4.78 is 16.1. The monoisotopic (exact) mass is 594 g/mol. The molecule has 1 saturated carbocycles. The highest BCUT2D eigenvalue weighted by Gasteiger charge is 2.70. The number of nitrogens with one attached hydrogen (secondary N) is 1. The molecule has 1 aromatic carbocycles. The second kappa shape index (κ2) is 12.0. The van der Waals surface area contributed by atoms with Crippen molar-refractivity contribution in [2.75, 3.05) is 37.1 Å². The van der Waals surface area contributed by atoms with Gasteiger partial charge in [-0.2, -0.15) is 0 Å². The van der Waals surface area contributed by atoms with E-state index in [0.717, 1.165) is 11.3 Å². The van der Waals surface area contributed by atoms with Crippen molar-refractivity contribution >= 4 is 29.5 Å². The van der Waals surface area contributed by atoms with E-state index in [0.29, 0.717) is 37.4 Å². The van der Waals surface area contributed by atoms with Crippen LogP contribution in [0, 0.1) is 17.8 Å². The molecule has 2 amide bonds. The van der Waals surface area contributed by atoms with E-state index in [4.69, 9.17) is 14.2 Å². The Morgan fingerprint density at radius 1 is 1.16 bits per heavy atom. The summed E-state index contributed by atoms with van der Waals surface area (Å²) in [7, 11) is 1.61. The van der Waals surface area contributed by atoms with Gasteiger partial charge >= 0.3 is 12.1 Å². The quantitative estimate of drug-likeness (QED) is 0.414. The Labute approximate surface area is 252 Å². The van der Waals surface area contributed by atoms with Crippen LogP contribution in [-0.2, 0) is 25.6 Å². The van der Waals surface area contributed by atoms with Gasteiger partial charge in [0.05, 0.1) is 43.6 Å². The third-order valence-corrected chi connectivity index (χ3v) is 8.90. The number of carbonyl (C=O) groups excluding carboxylic acids is 3. The van der Waals surface area contributed by atoms with Crippen LogP contribution < -0.4 is 15.0 Å². The molecule has 5 atom stereocenters. The van der Waals surface area contributed by atoms with Gasteiger partial charge in [0.25, 0.3) is 0 Å². The highest BCUT2D eigenvalue weighted by atomic mass is 16.6. The minimum Gasteiger partial charge on any atom is -0.497 e. The zero-order valence-corrected chi connectivity index (χ0v) is 25.5. The third kappa shape index (κ3) is 5.87. The second-order valence-electron chi connectivity index (χ2n) is 12.6. The summed E-state index contributed by atoms with van der Waals surface area (Å²) in [4.78, 5) is 48.4. The van der Waals surface area contributed by atoms with Crippen LogP contribution in [0.5, 0.6) is 5.75 Å². The summed E-state index contributed by atoms with van der Waals surface area (Å²) in [5, 5.41) is 13.4. The van der Waals surface area contributed by atoms with E-state index < -0.39 is 17.2 Å². The number of rotatable bonds is 9. The maximum atomic E-state index is 14.1. The molecular weight excluding hydrogens is 552 g/mol. The largest absolute Gasteiger partial charge is 0.497 e. The molecule has 5 rings (SSSR count). The number of ether oxygens (including phenoxy) is 3. The summed E-state index contributed by atoms with van der Waals surface area (Å²) in [5.41, 5.74) is -0.129. The summed E-state index contributed by atoms with van der Waals surface area (Å²) in [5.74, 6) is 0.393. The van der Waals surface area contributed by atoms with Crippen LogP contribution in [0.1, 0.15) is 52.5 Å². The van der Waals surface area contributed by atoms with E-state index in [9.17, 15) is 19.5 Å². The lowest BCUT2D eigenvalue weighted by molar-refractivity contribution is -0.150. The number of methoxy groups -OCH3 is 1. The van der Waals surface area contributed by atoms with Crippen LogP contribution in [0.15, 0.2) is 42.6 Å². The van der Waals surface area contributed by atoms with Gasteiger partial charge in [-0.15, -0.1) is 0 Å². The Hall–Kier alpha value is -3.86. The molecule has 3 fully saturated rings. The normalized spacial score (nSPS) is 26.2. The van der Waals surface area contributed by atoms with Gasteiger partial charge in [-0.3, -0.25) is 14.9 Å². The highest BCUT2D eigenvalue weighted by molar-refractivity contribution is 5.87. The zero-order valence-electron chi connectivity index (χ0n) is 25.5. The van der Waals surface area contributed by atoms with Crippen molar-refractivity contribution in [1.29, 1.82) is 0 Å². The Bertz CT molecular complexity index is 1330. The van der Waals surface area contributed by atoms with E-state index in [1.54, 1.807) is 47.1 Å². The summed E-state index contributed by atoms with van der Waals surface area (Å²) in [6, 6.07) is 10.8. The lowest BCUT2D eigenvalue weighted by atomic mass is 9.58. The molecule has 43 heavy (non-hydrogen) atoms. The van der Waals surface area contributed by atoms with Crippen LogP contribution in [0.3, 0.4) is 0 Å². The van der Waals surface area contributed by atoms with Gasteiger partial charge in [0.15, 0.2) is 0 Å². The lowest BCUT2D eigenvalue weighted by Crippen LogP contribution is -2.71. The van der Waals surface area contributed by atoms with Gasteiger partial charge in [0.2, 0.25) is 5.91 Å². The maximum Gasteiger partial charge on any atom is 0.412 e. The smallest absolute Gasteiger partial charge is 0.412 e. The Balaban J connectivity index is 1.52. The van der Waals surface area contributed by atoms with Crippen LogP contribution in [0.4, 0.5) is 16.3 Å². The highest BCUT2D eigenvalue weighted by Crippen LogP contribution is 2.59. The van der Waals surface area contributed by atoms with E-state index >= 15 is 0 Å². The molecule has 4 bridgehead atoms. The minimum atomic E-state index is -0.896. The van der Waals surface area contributed by atoms with E-state index in [2.05, 4.69) is 15.2 Å². The number of anilines is 2. The average molecular weight is 595 g/mol. The average Bonchev–Trinajstić information content (AvgIpc) is 3.10. The molecule has 3 heterocycles. The van der Waals surface area contributed by atoms with E-state index in [1.165, 1.54) is 0 Å². The molecule has 0 unspecified atom stereocenters. The number of hydrogen-bond donors (Lipinski definition) is 2. The van der Waals surface area contributed by atoms with Crippen molar-refractivity contribution in [3.8, 4) is 5.75 Å². The number of hydrogen-bond acceptors (Lipinski definition) is 9. The standard InChI is InChI=1S/C32H42N4O7/c1-6-42-27(38)16-32-25-13-14-35(26-12-9-22(17-33-26)34-30(40)43-31(2,3)4)28(32)21(19-37)15-24(25)29(39)36(32)18-20-7-10-23(41-5)11-8-20/h7-12,17,21,24-25,28,37H,6,13-16,18-19H2,1-5H3,(H,34,40)/t21-,24+,25+,28-,32-/m0/s1. The first kappa shape index (κ1) is 30.6. The molecule has 11 nitrogen and oxygen atoms in total. The van der Waals surface area contributed by atoms with E-state index in [1.807, 2.05) is 35.2 Å². The lowest BCUT2D eigenvalue weighted by Gasteiger charge is -2.59. The van der Waals surface area contributed by atoms with Crippen molar-refractivity contribution in [3.05, 3.63) is 48.2 Å². The van der Waals surface area contributed by atoms with Crippen LogP contribution in [0.25, 0.3) is 0 Å². The first-order valence-corrected chi connectivity index (χ1v) is 14.9. The number of carbonyl (C=O) groups is 3. The first-order chi connectivity index (χ1) is 20.5. The molecule has 2 saturated heterocycles. The summed E-state index contributed by atoms with van der Waals surface area (Å²) in [6.45, 7) is 8.20. The predicted octanol–water partition coefficient (Wildman–Crippen LogP) is 3.99. The molecular formula is C32H42N4O7. The minimum absolute atomic E-state index is 0.0118. The maximum absolute atomic E-state index is 14.1. The number of piperidine rings is 1. The second-order valence-corrected chi connectivity index (χ2v) is 12.6.